The maximum Gasteiger partial charge on any atom is 0.228 e. The van der Waals surface area contributed by atoms with Crippen molar-refractivity contribution < 1.29 is 9.47 Å². The van der Waals surface area contributed by atoms with Crippen molar-refractivity contribution in [2.75, 3.05) is 61.6 Å². The molecule has 2 fully saturated rings. The second-order valence-electron chi connectivity index (χ2n) is 6.87. The summed E-state index contributed by atoms with van der Waals surface area (Å²) in [6.45, 7) is 5.39. The lowest BCUT2D eigenvalue weighted by atomic mass is 10.0. The van der Waals surface area contributed by atoms with Gasteiger partial charge >= 0.3 is 0 Å². The highest BCUT2D eigenvalue weighted by atomic mass is 16.5. The number of aromatic nitrogens is 3. The van der Waals surface area contributed by atoms with Crippen LogP contribution in [0.3, 0.4) is 0 Å². The zero-order valence-electron chi connectivity index (χ0n) is 14.6. The Morgan fingerprint density at radius 2 is 1.88 bits per heavy atom. The number of hydrogen-bond donors (Lipinski definition) is 1. The zero-order chi connectivity index (χ0) is 17.5. The maximum atomic E-state index is 5.77. The van der Waals surface area contributed by atoms with E-state index in [4.69, 9.17) is 25.2 Å². The van der Waals surface area contributed by atoms with Gasteiger partial charge in [0.2, 0.25) is 5.95 Å². The molecule has 2 aromatic heterocycles. The van der Waals surface area contributed by atoms with Gasteiger partial charge in [0, 0.05) is 43.4 Å². The molecule has 0 unspecified atom stereocenters. The van der Waals surface area contributed by atoms with Crippen LogP contribution >= 0.6 is 0 Å². The van der Waals surface area contributed by atoms with Gasteiger partial charge in [0.05, 0.1) is 38.2 Å². The molecule has 0 saturated carbocycles. The predicted molar refractivity (Wildman–Crippen MR) is 98.4 cm³/mol. The SMILES string of the molecule is Nc1ccc(-c2nc(N3CCOCC3)nc3c2C[C@H]2COCCN32)cn1. The molecule has 5 heterocycles. The molecular weight excluding hydrogens is 332 g/mol. The molecule has 2 aromatic rings. The average molecular weight is 354 g/mol. The van der Waals surface area contributed by atoms with Gasteiger partial charge in [-0.05, 0) is 12.1 Å². The Hall–Kier alpha value is -2.45. The van der Waals surface area contributed by atoms with Crippen LogP contribution in [0.2, 0.25) is 0 Å². The van der Waals surface area contributed by atoms with E-state index in [-0.39, 0.29) is 0 Å². The van der Waals surface area contributed by atoms with E-state index >= 15 is 0 Å². The lowest BCUT2D eigenvalue weighted by Crippen LogP contribution is -2.43. The molecule has 3 aliphatic rings. The second-order valence-corrected chi connectivity index (χ2v) is 6.87. The summed E-state index contributed by atoms with van der Waals surface area (Å²) >= 11 is 0. The summed E-state index contributed by atoms with van der Waals surface area (Å²) in [5.41, 5.74) is 8.89. The molecule has 136 valence electrons. The number of fused-ring (bicyclic) bond motifs is 3. The van der Waals surface area contributed by atoms with Crippen LogP contribution in [0.1, 0.15) is 5.56 Å². The molecule has 0 radical (unpaired) electrons. The molecule has 0 bridgehead atoms. The van der Waals surface area contributed by atoms with Crippen molar-refractivity contribution in [1.29, 1.82) is 0 Å². The summed E-state index contributed by atoms with van der Waals surface area (Å²) in [5.74, 6) is 2.33. The number of rotatable bonds is 2. The number of hydrogen-bond acceptors (Lipinski definition) is 8. The van der Waals surface area contributed by atoms with Crippen molar-refractivity contribution in [1.82, 2.24) is 15.0 Å². The Morgan fingerprint density at radius 3 is 2.69 bits per heavy atom. The van der Waals surface area contributed by atoms with Gasteiger partial charge < -0.3 is 25.0 Å². The molecule has 2 saturated heterocycles. The van der Waals surface area contributed by atoms with E-state index in [0.717, 1.165) is 62.3 Å². The van der Waals surface area contributed by atoms with Gasteiger partial charge in [-0.2, -0.15) is 4.98 Å². The Bertz CT molecular complexity index is 806. The van der Waals surface area contributed by atoms with Gasteiger partial charge in [-0.1, -0.05) is 0 Å². The quantitative estimate of drug-likeness (QED) is 0.844. The summed E-state index contributed by atoms with van der Waals surface area (Å²) in [6.07, 6.45) is 2.70. The molecular formula is C18H22N6O2. The highest BCUT2D eigenvalue weighted by Gasteiger charge is 2.36. The highest BCUT2D eigenvalue weighted by Crippen LogP contribution is 2.39. The van der Waals surface area contributed by atoms with E-state index in [1.165, 1.54) is 5.56 Å². The van der Waals surface area contributed by atoms with Crippen LogP contribution < -0.4 is 15.5 Å². The van der Waals surface area contributed by atoms with Gasteiger partial charge in [0.25, 0.3) is 0 Å². The zero-order valence-corrected chi connectivity index (χ0v) is 14.6. The van der Waals surface area contributed by atoms with Crippen LogP contribution in [0, 0.1) is 0 Å². The first-order valence-electron chi connectivity index (χ1n) is 9.09. The van der Waals surface area contributed by atoms with Gasteiger partial charge in [0.1, 0.15) is 11.6 Å². The first kappa shape index (κ1) is 15.8. The highest BCUT2D eigenvalue weighted by molar-refractivity contribution is 5.73. The largest absolute Gasteiger partial charge is 0.384 e. The van der Waals surface area contributed by atoms with E-state index in [1.807, 2.05) is 12.1 Å². The fourth-order valence-corrected chi connectivity index (χ4v) is 3.91. The molecule has 0 aliphatic carbocycles. The van der Waals surface area contributed by atoms with Crippen LogP contribution in [-0.2, 0) is 15.9 Å². The molecule has 5 rings (SSSR count). The molecule has 1 atom stereocenters. The van der Waals surface area contributed by atoms with Crippen molar-refractivity contribution >= 4 is 17.6 Å². The van der Waals surface area contributed by atoms with Crippen LogP contribution in [0.4, 0.5) is 17.6 Å². The molecule has 8 nitrogen and oxygen atoms in total. The second kappa shape index (κ2) is 6.37. The summed E-state index contributed by atoms with van der Waals surface area (Å²) in [6, 6.07) is 4.15. The van der Waals surface area contributed by atoms with Crippen molar-refractivity contribution in [2.45, 2.75) is 12.5 Å². The number of pyridine rings is 1. The van der Waals surface area contributed by atoms with Crippen LogP contribution in [0.5, 0.6) is 0 Å². The molecule has 0 aromatic carbocycles. The fourth-order valence-electron chi connectivity index (χ4n) is 3.91. The third-order valence-corrected chi connectivity index (χ3v) is 5.27. The number of ether oxygens (including phenoxy) is 2. The minimum absolute atomic E-state index is 0.341. The van der Waals surface area contributed by atoms with E-state index in [2.05, 4.69) is 14.8 Å². The maximum absolute atomic E-state index is 5.77. The number of nitrogen functional groups attached to an aromatic ring is 1. The monoisotopic (exact) mass is 354 g/mol. The lowest BCUT2D eigenvalue weighted by molar-refractivity contribution is 0.0974. The van der Waals surface area contributed by atoms with Gasteiger partial charge in [-0.25, -0.2) is 9.97 Å². The van der Waals surface area contributed by atoms with Crippen LogP contribution in [0.25, 0.3) is 11.3 Å². The first-order chi connectivity index (χ1) is 12.8. The van der Waals surface area contributed by atoms with E-state index in [1.54, 1.807) is 6.20 Å². The van der Waals surface area contributed by atoms with Crippen molar-refractivity contribution in [2.24, 2.45) is 0 Å². The number of nitrogens with two attached hydrogens (primary N) is 1. The summed E-state index contributed by atoms with van der Waals surface area (Å²) in [5, 5.41) is 0. The fraction of sp³-hybridized carbons (Fsp3) is 0.500. The van der Waals surface area contributed by atoms with Gasteiger partial charge in [-0.3, -0.25) is 0 Å². The average Bonchev–Trinajstić information content (AvgIpc) is 3.07. The van der Waals surface area contributed by atoms with E-state index in [9.17, 15) is 0 Å². The van der Waals surface area contributed by atoms with Crippen LogP contribution in [0.15, 0.2) is 18.3 Å². The Balaban J connectivity index is 1.62. The van der Waals surface area contributed by atoms with Crippen molar-refractivity contribution in [3.8, 4) is 11.3 Å². The molecule has 0 spiro atoms. The summed E-state index contributed by atoms with van der Waals surface area (Å²) in [4.78, 5) is 18.7. The third kappa shape index (κ3) is 2.65. The van der Waals surface area contributed by atoms with Gasteiger partial charge in [-0.15, -0.1) is 0 Å². The molecule has 26 heavy (non-hydrogen) atoms. The van der Waals surface area contributed by atoms with Gasteiger partial charge in [0.15, 0.2) is 0 Å². The number of anilines is 3. The molecule has 3 aliphatic heterocycles. The minimum Gasteiger partial charge on any atom is -0.384 e. The topological polar surface area (TPSA) is 89.6 Å². The standard InChI is InChI=1S/C18H22N6O2/c19-15-2-1-12(10-20-15)16-14-9-13-11-26-8-5-24(13)17(14)22-18(21-16)23-3-6-25-7-4-23/h1-2,10,13H,3-9,11H2,(H2,19,20)/t13-/m0/s1. The van der Waals surface area contributed by atoms with Crippen molar-refractivity contribution in [3.63, 3.8) is 0 Å². The summed E-state index contributed by atoms with van der Waals surface area (Å²) in [7, 11) is 0. The molecule has 0 amide bonds. The number of nitrogens with zero attached hydrogens (tertiary/aromatic N) is 5. The van der Waals surface area contributed by atoms with Crippen LogP contribution in [-0.4, -0.2) is 67.1 Å². The normalized spacial score (nSPS) is 22.2. The Morgan fingerprint density at radius 1 is 1.04 bits per heavy atom. The minimum atomic E-state index is 0.341. The lowest BCUT2D eigenvalue weighted by Gasteiger charge is -2.32. The first-order valence-corrected chi connectivity index (χ1v) is 9.09. The number of morpholine rings is 2. The third-order valence-electron chi connectivity index (χ3n) is 5.27. The van der Waals surface area contributed by atoms with Crippen molar-refractivity contribution in [3.05, 3.63) is 23.9 Å². The Labute approximate surface area is 152 Å². The smallest absolute Gasteiger partial charge is 0.228 e. The molecule has 8 heteroatoms. The molecule has 2 N–H and O–H groups in total. The predicted octanol–water partition coefficient (Wildman–Crippen LogP) is 0.719. The summed E-state index contributed by atoms with van der Waals surface area (Å²) < 4.78 is 11.2. The Kier molecular flexibility index (Phi) is 3.86. The van der Waals surface area contributed by atoms with E-state index < -0.39 is 0 Å². The van der Waals surface area contributed by atoms with E-state index in [0.29, 0.717) is 25.1 Å².